The van der Waals surface area contributed by atoms with Gasteiger partial charge in [0.05, 0.1) is 21.8 Å². The van der Waals surface area contributed by atoms with E-state index in [2.05, 4.69) is 31.9 Å². The van der Waals surface area contributed by atoms with Gasteiger partial charge >= 0.3 is 0 Å². The molecule has 1 aliphatic heterocycles. The number of Topliss-reactive ketones (excluding diaryl/α,β-unsaturated/α-hetero) is 1. The van der Waals surface area contributed by atoms with Crippen molar-refractivity contribution < 1.29 is 24.1 Å². The molecule has 0 N–H and O–H groups in total. The summed E-state index contributed by atoms with van der Waals surface area (Å²) in [5, 5.41) is 12.9. The number of nitro groups is 1. The van der Waals surface area contributed by atoms with E-state index >= 15 is 0 Å². The lowest BCUT2D eigenvalue weighted by Crippen LogP contribution is -2.52. The van der Waals surface area contributed by atoms with Crippen molar-refractivity contribution in [2.45, 2.75) is 22.5 Å². The summed E-state index contributed by atoms with van der Waals surface area (Å²) < 4.78 is 0. The number of nitro benzene ring substituents is 1. The molecule has 0 spiro atoms. The first kappa shape index (κ1) is 26.7. The molecule has 1 heterocycles. The zero-order valence-corrected chi connectivity index (χ0v) is 23.0. The molecule has 1 saturated carbocycles. The molecule has 4 rings (SSSR count). The maximum absolute atomic E-state index is 13.5. The van der Waals surface area contributed by atoms with Crippen LogP contribution in [0.4, 0.5) is 5.69 Å². The van der Waals surface area contributed by atoms with Gasteiger partial charge in [-0.1, -0.05) is 55.1 Å². The lowest BCUT2D eigenvalue weighted by atomic mass is 9.81. The van der Waals surface area contributed by atoms with Crippen molar-refractivity contribution in [1.29, 1.82) is 0 Å². The van der Waals surface area contributed by atoms with Gasteiger partial charge in [0.25, 0.3) is 23.4 Å². The van der Waals surface area contributed by atoms with E-state index in [-0.39, 0.29) is 31.5 Å². The molecule has 2 aromatic carbocycles. The second kappa shape index (κ2) is 10.6. The largest absolute Gasteiger partial charge is 0.292 e. The van der Waals surface area contributed by atoms with Gasteiger partial charge < -0.3 is 0 Å². The summed E-state index contributed by atoms with van der Waals surface area (Å²) in [6.45, 7) is -0.663. The summed E-state index contributed by atoms with van der Waals surface area (Å²) in [7, 11) is 0. The summed E-state index contributed by atoms with van der Waals surface area (Å²) in [5.41, 5.74) is -0.226. The van der Waals surface area contributed by atoms with Crippen molar-refractivity contribution in [3.05, 3.63) is 73.8 Å². The van der Waals surface area contributed by atoms with Crippen molar-refractivity contribution in [1.82, 2.24) is 10.0 Å². The third-order valence-electron chi connectivity index (χ3n) is 6.21. The maximum Gasteiger partial charge on any atom is 0.273 e. The summed E-state index contributed by atoms with van der Waals surface area (Å²) in [5.74, 6) is -3.94. The number of hydrazine groups is 1. The van der Waals surface area contributed by atoms with E-state index in [4.69, 9.17) is 23.2 Å². The van der Waals surface area contributed by atoms with Crippen LogP contribution in [0.25, 0.3) is 0 Å². The Labute approximate surface area is 232 Å². The topological polar surface area (TPSA) is 118 Å². The molecular formula is C23H17Br2Cl2N3O6. The molecule has 1 saturated heterocycles. The van der Waals surface area contributed by atoms with E-state index in [1.54, 1.807) is 0 Å². The molecule has 3 amide bonds. The number of hydrogen-bond donors (Lipinski definition) is 0. The number of carbonyl (C=O) groups excluding carboxylic acids is 4. The first-order valence-electron chi connectivity index (χ1n) is 10.7. The van der Waals surface area contributed by atoms with Gasteiger partial charge in [-0.2, -0.15) is 5.01 Å². The number of benzene rings is 2. The van der Waals surface area contributed by atoms with Gasteiger partial charge in [-0.05, 0) is 43.2 Å². The van der Waals surface area contributed by atoms with Crippen LogP contribution >= 0.6 is 55.1 Å². The fraction of sp³-hybridized carbons (Fsp3) is 0.304. The zero-order valence-electron chi connectivity index (χ0n) is 18.3. The third-order valence-corrected chi connectivity index (χ3v) is 9.50. The monoisotopic (exact) mass is 659 g/mol. The van der Waals surface area contributed by atoms with Crippen molar-refractivity contribution in [3.63, 3.8) is 0 Å². The van der Waals surface area contributed by atoms with Gasteiger partial charge in [-0.15, -0.1) is 0 Å². The summed E-state index contributed by atoms with van der Waals surface area (Å²) in [4.78, 5) is 63.8. The van der Waals surface area contributed by atoms with Gasteiger partial charge in [0.2, 0.25) is 0 Å². The third kappa shape index (κ3) is 5.06. The minimum atomic E-state index is -0.838. The van der Waals surface area contributed by atoms with Crippen LogP contribution in [-0.2, 0) is 9.59 Å². The molecule has 1 aliphatic carbocycles. The SMILES string of the molecule is O=C(CN(C(=O)c1ccc([N+](=O)[O-])cc1)N1C(=O)[C@@H]2C[C@H](Br)[C@@H](Br)C[C@H]2C1=O)c1ccc(Cl)cc1Cl. The molecule has 36 heavy (non-hydrogen) atoms. The van der Waals surface area contributed by atoms with E-state index in [0.717, 1.165) is 22.2 Å². The standard InChI is InChI=1S/C23H17Br2Cl2N3O6/c24-17-8-15-16(9-18(17)25)23(34)29(22(15)33)28(10-20(31)14-6-3-12(26)7-19(14)27)21(32)11-1-4-13(5-2-11)30(35)36/h1-7,15-18H,8-10H2/t15-,16-,17+,18+/m1/s1. The van der Waals surface area contributed by atoms with Gasteiger partial charge in [-0.3, -0.25) is 29.3 Å². The Morgan fingerprint density at radius 3 is 2.06 bits per heavy atom. The predicted molar refractivity (Wildman–Crippen MR) is 138 cm³/mol. The van der Waals surface area contributed by atoms with Gasteiger partial charge in [0.15, 0.2) is 5.78 Å². The van der Waals surface area contributed by atoms with E-state index in [1.807, 2.05) is 0 Å². The van der Waals surface area contributed by atoms with Crippen LogP contribution in [0.1, 0.15) is 33.6 Å². The van der Waals surface area contributed by atoms with Crippen LogP contribution in [0, 0.1) is 22.0 Å². The average molecular weight is 662 g/mol. The highest BCUT2D eigenvalue weighted by Gasteiger charge is 2.54. The first-order chi connectivity index (χ1) is 17.0. The van der Waals surface area contributed by atoms with E-state index < -0.39 is 46.8 Å². The van der Waals surface area contributed by atoms with Gasteiger partial charge in [-0.25, -0.2) is 5.01 Å². The molecule has 0 bridgehead atoms. The van der Waals surface area contributed by atoms with Crippen LogP contribution in [-0.4, -0.2) is 54.6 Å². The van der Waals surface area contributed by atoms with Crippen molar-refractivity contribution >= 4 is 84.3 Å². The number of imide groups is 1. The fourth-order valence-electron chi connectivity index (χ4n) is 4.36. The molecule has 2 aromatic rings. The minimum absolute atomic E-state index is 0.0391. The van der Waals surface area contributed by atoms with E-state index in [0.29, 0.717) is 17.9 Å². The average Bonchev–Trinajstić information content (AvgIpc) is 3.06. The minimum Gasteiger partial charge on any atom is -0.292 e. The number of rotatable bonds is 6. The van der Waals surface area contributed by atoms with Crippen LogP contribution in [0.5, 0.6) is 0 Å². The summed E-state index contributed by atoms with van der Waals surface area (Å²) >= 11 is 19.1. The molecule has 4 atom stereocenters. The highest BCUT2D eigenvalue weighted by Crippen LogP contribution is 2.43. The van der Waals surface area contributed by atoms with E-state index in [1.165, 1.54) is 30.3 Å². The first-order valence-corrected chi connectivity index (χ1v) is 13.3. The zero-order chi connectivity index (χ0) is 26.3. The number of amides is 3. The second-order valence-corrected chi connectivity index (χ2v) is 11.6. The highest BCUT2D eigenvalue weighted by molar-refractivity contribution is 9.12. The van der Waals surface area contributed by atoms with Crippen molar-refractivity contribution in [2.24, 2.45) is 11.8 Å². The quantitative estimate of drug-likeness (QED) is 0.140. The normalized spacial score (nSPS) is 23.4. The fourth-order valence-corrected chi connectivity index (χ4v) is 6.11. The van der Waals surface area contributed by atoms with Gasteiger partial charge in [0.1, 0.15) is 6.54 Å². The van der Waals surface area contributed by atoms with Crippen LogP contribution in [0.3, 0.4) is 0 Å². The number of carbonyl (C=O) groups is 4. The summed E-state index contributed by atoms with van der Waals surface area (Å²) in [6.07, 6.45) is 0.746. The molecule has 188 valence electrons. The maximum atomic E-state index is 13.5. The Balaban J connectivity index is 1.71. The smallest absolute Gasteiger partial charge is 0.273 e. The lowest BCUT2D eigenvalue weighted by molar-refractivity contribution is -0.384. The molecule has 13 heteroatoms. The number of fused-ring (bicyclic) bond motifs is 1. The second-order valence-electron chi connectivity index (χ2n) is 8.42. The molecule has 0 unspecified atom stereocenters. The lowest BCUT2D eigenvalue weighted by Gasteiger charge is -2.30. The molecular weight excluding hydrogens is 645 g/mol. The number of halogens is 4. The summed E-state index contributed by atoms with van der Waals surface area (Å²) in [6, 6.07) is 8.87. The van der Waals surface area contributed by atoms with Crippen LogP contribution < -0.4 is 0 Å². The Morgan fingerprint density at radius 1 is 1.00 bits per heavy atom. The Bertz CT molecular complexity index is 1250. The number of nitrogens with zero attached hydrogens (tertiary/aromatic N) is 3. The Hall–Kier alpha value is -2.34. The Kier molecular flexibility index (Phi) is 7.84. The van der Waals surface area contributed by atoms with Crippen LogP contribution in [0.2, 0.25) is 10.0 Å². The van der Waals surface area contributed by atoms with Crippen LogP contribution in [0.15, 0.2) is 42.5 Å². The predicted octanol–water partition coefficient (Wildman–Crippen LogP) is 5.06. The number of hydrogen-bond acceptors (Lipinski definition) is 6. The molecule has 0 radical (unpaired) electrons. The Morgan fingerprint density at radius 2 is 1.56 bits per heavy atom. The molecule has 2 aliphatic rings. The molecule has 9 nitrogen and oxygen atoms in total. The van der Waals surface area contributed by atoms with Crippen molar-refractivity contribution in [3.8, 4) is 0 Å². The van der Waals surface area contributed by atoms with Crippen molar-refractivity contribution in [2.75, 3.05) is 6.54 Å². The number of ketones is 1. The van der Waals surface area contributed by atoms with Gasteiger partial charge in [0, 0.05) is 37.9 Å². The highest BCUT2D eigenvalue weighted by atomic mass is 79.9. The van der Waals surface area contributed by atoms with E-state index in [9.17, 15) is 29.3 Å². The number of alkyl halides is 2. The molecule has 2 fully saturated rings. The number of non-ortho nitro benzene ring substituents is 1. The molecule has 0 aromatic heterocycles.